The maximum Gasteiger partial charge on any atom is 0.221 e. The number of fused-ring (bicyclic) bond motifs is 2. The fraction of sp³-hybridized carbons (Fsp3) is 0.292. The Balaban J connectivity index is 1.17. The van der Waals surface area contributed by atoms with Crippen molar-refractivity contribution in [2.75, 3.05) is 86.8 Å². The van der Waals surface area contributed by atoms with Gasteiger partial charge in [0.1, 0.15) is 17.9 Å². The molecule has 310 valence electrons. The van der Waals surface area contributed by atoms with Crippen LogP contribution in [0, 0.1) is 0 Å². The Hall–Kier alpha value is -5.86. The number of hydrogen-bond donors (Lipinski definition) is 1. The number of Topliss-reactive ketones (excluding diaryl/α,β-unsaturated/α-hetero) is 1. The van der Waals surface area contributed by atoms with Crippen molar-refractivity contribution >= 4 is 57.1 Å². The Morgan fingerprint density at radius 2 is 1.20 bits per heavy atom. The molecular weight excluding hydrogens is 761 g/mol. The number of hydrogen-bond acceptors (Lipinski definition) is 10. The Morgan fingerprint density at radius 1 is 0.617 bits per heavy atom. The maximum atomic E-state index is 14.3. The Kier molecular flexibility index (Phi) is 15.1. The average molecular weight is 812 g/mol. The highest BCUT2D eigenvalue weighted by molar-refractivity contribution is 6.39. The summed E-state index contributed by atoms with van der Waals surface area (Å²) in [5.74, 6) is -0.289. The van der Waals surface area contributed by atoms with Crippen molar-refractivity contribution < 1.29 is 42.9 Å². The molecule has 0 bridgehead atoms. The lowest BCUT2D eigenvalue weighted by Crippen LogP contribution is -2.29. The number of ether oxygens (including phenoxy) is 6. The van der Waals surface area contributed by atoms with Gasteiger partial charge in [-0.05, 0) is 59.7 Å². The van der Waals surface area contributed by atoms with Crippen molar-refractivity contribution in [2.45, 2.75) is 6.54 Å². The van der Waals surface area contributed by atoms with Gasteiger partial charge >= 0.3 is 0 Å². The lowest BCUT2D eigenvalue weighted by atomic mass is 9.84. The summed E-state index contributed by atoms with van der Waals surface area (Å²) >= 11 is 0. The molecule has 0 atom stereocenters. The van der Waals surface area contributed by atoms with E-state index in [1.807, 2.05) is 118 Å². The van der Waals surface area contributed by atoms with E-state index in [-0.39, 0.29) is 22.7 Å². The van der Waals surface area contributed by atoms with Crippen molar-refractivity contribution in [2.24, 2.45) is 0 Å². The van der Waals surface area contributed by atoms with Crippen LogP contribution < -0.4 is 0 Å². The first-order valence-electron chi connectivity index (χ1n) is 20.2. The molecule has 0 radical (unpaired) electrons. The number of aliphatic hydroxyl groups excluding tert-OH is 1. The normalized spacial score (nSPS) is 15.6. The minimum Gasteiger partial charge on any atom is -0.506 e. The van der Waals surface area contributed by atoms with Crippen LogP contribution in [0.3, 0.4) is 0 Å². The molecule has 12 heteroatoms. The predicted octanol–water partition coefficient (Wildman–Crippen LogP) is 6.96. The molecule has 2 aliphatic rings. The van der Waals surface area contributed by atoms with E-state index in [2.05, 4.69) is 9.97 Å². The van der Waals surface area contributed by atoms with Crippen LogP contribution in [0.5, 0.6) is 0 Å². The molecule has 0 unspecified atom stereocenters. The van der Waals surface area contributed by atoms with Gasteiger partial charge in [0, 0.05) is 67.9 Å². The van der Waals surface area contributed by atoms with Crippen LogP contribution in [-0.2, 0) is 39.8 Å². The van der Waals surface area contributed by atoms with Crippen LogP contribution in [0.15, 0.2) is 120 Å². The number of aromatic nitrogens is 3. The second-order valence-electron chi connectivity index (χ2n) is 14.0. The summed E-state index contributed by atoms with van der Waals surface area (Å²) in [7, 11) is 3.27. The topological polar surface area (TPSA) is 126 Å². The van der Waals surface area contributed by atoms with E-state index in [4.69, 9.17) is 28.4 Å². The smallest absolute Gasteiger partial charge is 0.221 e. The van der Waals surface area contributed by atoms with Gasteiger partial charge in [0.15, 0.2) is 6.54 Å². The van der Waals surface area contributed by atoms with E-state index in [0.717, 1.165) is 44.3 Å². The third-order valence-electron chi connectivity index (χ3n) is 10.2. The first-order chi connectivity index (χ1) is 29.6. The van der Waals surface area contributed by atoms with E-state index in [1.54, 1.807) is 26.6 Å². The Morgan fingerprint density at radius 3 is 1.82 bits per heavy atom. The zero-order chi connectivity index (χ0) is 41.5. The fourth-order valence-corrected chi connectivity index (χ4v) is 7.21. The van der Waals surface area contributed by atoms with Crippen LogP contribution >= 0.6 is 0 Å². The number of carbonyl (C=O) groups excluding carboxylic acids is 1. The summed E-state index contributed by atoms with van der Waals surface area (Å²) < 4.78 is 37.1. The van der Waals surface area contributed by atoms with Crippen LogP contribution in [0.1, 0.15) is 22.5 Å². The van der Waals surface area contributed by atoms with E-state index in [1.165, 1.54) is 0 Å². The van der Waals surface area contributed by atoms with Gasteiger partial charge in [-0.2, -0.15) is 4.58 Å². The Labute approximate surface area is 350 Å². The minimum atomic E-state index is -0.238. The molecule has 1 N–H and O–H groups in total. The summed E-state index contributed by atoms with van der Waals surface area (Å²) in [6, 6.07) is 23.8. The number of rotatable bonds is 23. The van der Waals surface area contributed by atoms with E-state index in [0.29, 0.717) is 90.5 Å². The first-order valence-corrected chi connectivity index (χ1v) is 20.2. The van der Waals surface area contributed by atoms with E-state index in [9.17, 15) is 9.90 Å². The van der Waals surface area contributed by atoms with Gasteiger partial charge in [-0.15, -0.1) is 0 Å². The summed E-state index contributed by atoms with van der Waals surface area (Å²) in [6.07, 6.45) is 15.5. The van der Waals surface area contributed by atoms with Gasteiger partial charge in [0.2, 0.25) is 17.2 Å². The molecule has 12 nitrogen and oxygen atoms in total. The Bertz CT molecular complexity index is 2470. The maximum absolute atomic E-state index is 14.3. The second-order valence-corrected chi connectivity index (χ2v) is 14.0. The van der Waals surface area contributed by atoms with Crippen molar-refractivity contribution in [3.8, 4) is 0 Å². The molecular formula is C48H51N4O8+. The van der Waals surface area contributed by atoms with Crippen LogP contribution in [0.4, 0.5) is 0 Å². The van der Waals surface area contributed by atoms with Crippen LogP contribution in [-0.4, -0.2) is 123 Å². The summed E-state index contributed by atoms with van der Waals surface area (Å²) in [5.41, 5.74) is 7.30. The third-order valence-corrected chi connectivity index (χ3v) is 10.2. The average Bonchev–Trinajstić information content (AvgIpc) is 3.86. The number of methoxy groups -OCH3 is 2. The molecule has 1 aliphatic heterocycles. The molecule has 5 aromatic rings. The van der Waals surface area contributed by atoms with Gasteiger partial charge in [0.05, 0.1) is 81.8 Å². The van der Waals surface area contributed by atoms with Crippen molar-refractivity contribution in [3.05, 3.63) is 143 Å². The van der Waals surface area contributed by atoms with Gasteiger partial charge in [-0.3, -0.25) is 14.8 Å². The number of carbonyl (C=O) groups is 1. The fourth-order valence-electron chi connectivity index (χ4n) is 7.21. The van der Waals surface area contributed by atoms with Crippen LogP contribution in [0.2, 0.25) is 0 Å². The quantitative estimate of drug-likeness (QED) is 0.0421. The molecule has 1 aliphatic carbocycles. The molecule has 7 rings (SSSR count). The molecule has 60 heavy (non-hydrogen) atoms. The SMILES string of the molecule is COCCOCCOCCn1c(/C=C/c2cccc3ncccc23)ccc1C1=C(O)/C(=C2/C=CC(/C=C/c3cccc4ncccc34)=[N+]2CCOCCOCCOC)C1=O. The molecule has 3 aromatic heterocycles. The molecule has 0 saturated carbocycles. The van der Waals surface area contributed by atoms with Gasteiger partial charge in [0.25, 0.3) is 0 Å². The van der Waals surface area contributed by atoms with E-state index >= 15 is 0 Å². The zero-order valence-corrected chi connectivity index (χ0v) is 34.1. The third kappa shape index (κ3) is 10.1. The lowest BCUT2D eigenvalue weighted by Gasteiger charge is -2.23. The number of nitrogens with zero attached hydrogens (tertiary/aromatic N) is 4. The second kappa shape index (κ2) is 21.4. The van der Waals surface area contributed by atoms with E-state index < -0.39 is 0 Å². The largest absolute Gasteiger partial charge is 0.506 e. The van der Waals surface area contributed by atoms with Crippen molar-refractivity contribution in [1.82, 2.24) is 14.5 Å². The molecule has 0 spiro atoms. The van der Waals surface area contributed by atoms with Gasteiger partial charge in [-0.25, -0.2) is 0 Å². The molecule has 2 aromatic carbocycles. The highest BCUT2D eigenvalue weighted by atomic mass is 16.5. The standard InChI is InChI=1S/C48H50N4O8/c1-55-27-29-59-33-31-57-25-23-51-37(15-13-35-7-3-11-41-39(35)9-5-21-49-41)17-19-43(51)45-47(53)46(48(45)54)44-20-18-38(52(44)24-26-58-32-34-60-30-28-56-2)16-14-36-8-4-12-42-40(36)10-6-22-50-42/h3-22H,23-34H2,1-2H3/p+1. The van der Waals surface area contributed by atoms with Crippen molar-refractivity contribution in [1.29, 1.82) is 0 Å². The minimum absolute atomic E-state index is 0.0510. The summed E-state index contributed by atoms with van der Waals surface area (Å²) in [4.78, 5) is 23.3. The monoisotopic (exact) mass is 811 g/mol. The highest BCUT2D eigenvalue weighted by Gasteiger charge is 2.43. The van der Waals surface area contributed by atoms with Crippen LogP contribution in [0.25, 0.3) is 45.6 Å². The molecule has 0 fully saturated rings. The number of allylic oxidation sites excluding steroid dienone is 5. The number of ketones is 1. The highest BCUT2D eigenvalue weighted by Crippen LogP contribution is 2.40. The zero-order valence-electron chi connectivity index (χ0n) is 34.1. The molecule has 0 saturated heterocycles. The number of aliphatic hydroxyl groups is 1. The lowest BCUT2D eigenvalue weighted by molar-refractivity contribution is -0.472. The summed E-state index contributed by atoms with van der Waals surface area (Å²) in [6.45, 7) is 5.36. The first kappa shape index (κ1) is 42.3. The molecule has 4 heterocycles. The van der Waals surface area contributed by atoms with Gasteiger partial charge in [-0.1, -0.05) is 42.5 Å². The number of pyridine rings is 2. The molecule has 0 amide bonds. The summed E-state index contributed by atoms with van der Waals surface area (Å²) in [5, 5.41) is 13.9. The predicted molar refractivity (Wildman–Crippen MR) is 234 cm³/mol. The van der Waals surface area contributed by atoms with Crippen molar-refractivity contribution in [3.63, 3.8) is 0 Å². The number of benzene rings is 2. The van der Waals surface area contributed by atoms with Gasteiger partial charge < -0.3 is 38.1 Å².